The summed E-state index contributed by atoms with van der Waals surface area (Å²) in [4.78, 5) is 12.8. The molecule has 4 aromatic rings. The number of nitrogens with zero attached hydrogens (tertiary/aromatic N) is 1. The van der Waals surface area contributed by atoms with Crippen molar-refractivity contribution in [1.82, 2.24) is 4.57 Å². The lowest BCUT2D eigenvalue weighted by Crippen LogP contribution is -2.20. The van der Waals surface area contributed by atoms with Gasteiger partial charge in [0.15, 0.2) is 0 Å². The summed E-state index contributed by atoms with van der Waals surface area (Å²) in [6, 6.07) is 24.5. The molecule has 0 saturated heterocycles. The van der Waals surface area contributed by atoms with E-state index in [-0.39, 0.29) is 17.3 Å². The zero-order valence-electron chi connectivity index (χ0n) is 16.4. The Bertz CT molecular complexity index is 1340. The second-order valence-corrected chi connectivity index (χ2v) is 8.64. The fourth-order valence-corrected chi connectivity index (χ4v) is 4.37. The second kappa shape index (κ2) is 7.78. The second-order valence-electron chi connectivity index (χ2n) is 7.11. The van der Waals surface area contributed by atoms with Crippen LogP contribution in [0.3, 0.4) is 0 Å². The maximum atomic E-state index is 12.8. The van der Waals surface area contributed by atoms with Gasteiger partial charge in [0.05, 0.1) is 4.90 Å². The Hall–Kier alpha value is -3.42. The highest BCUT2D eigenvalue weighted by molar-refractivity contribution is 7.89. The minimum absolute atomic E-state index is 0.00307. The van der Waals surface area contributed by atoms with E-state index in [1.54, 1.807) is 19.1 Å². The molecule has 0 spiro atoms. The van der Waals surface area contributed by atoms with Gasteiger partial charge in [-0.1, -0.05) is 54.6 Å². The van der Waals surface area contributed by atoms with E-state index in [4.69, 9.17) is 5.14 Å². The molecule has 0 unspecified atom stereocenters. The molecule has 0 aliphatic heterocycles. The molecule has 0 fully saturated rings. The first-order chi connectivity index (χ1) is 14.3. The first-order valence-electron chi connectivity index (χ1n) is 9.40. The van der Waals surface area contributed by atoms with Crippen LogP contribution in [0.25, 0.3) is 22.2 Å². The number of rotatable bonds is 5. The van der Waals surface area contributed by atoms with Crippen LogP contribution in [0.4, 0.5) is 5.69 Å². The summed E-state index contributed by atoms with van der Waals surface area (Å²) < 4.78 is 25.5. The lowest BCUT2D eigenvalue weighted by molar-refractivity contribution is -0.116. The Morgan fingerprint density at radius 3 is 2.40 bits per heavy atom. The normalized spacial score (nSPS) is 11.5. The van der Waals surface area contributed by atoms with E-state index in [0.29, 0.717) is 11.3 Å². The average molecular weight is 420 g/mol. The quantitative estimate of drug-likeness (QED) is 0.514. The van der Waals surface area contributed by atoms with Crippen molar-refractivity contribution in [2.24, 2.45) is 5.14 Å². The SMILES string of the molecule is Cc1ccc(NC(=O)Cn2c(-c3ccccc3)cc3ccccc32)cc1S(N)(=O)=O. The van der Waals surface area contributed by atoms with E-state index >= 15 is 0 Å². The largest absolute Gasteiger partial charge is 0.331 e. The molecule has 4 rings (SSSR count). The van der Waals surface area contributed by atoms with Crippen molar-refractivity contribution in [2.45, 2.75) is 18.4 Å². The standard InChI is InChI=1S/C23H21N3O3S/c1-16-11-12-19(14-22(16)30(24,28)29)25-23(27)15-26-20-10-6-5-9-18(20)13-21(26)17-7-3-2-4-8-17/h2-14H,15H2,1H3,(H,25,27)(H2,24,28,29). The fourth-order valence-electron chi connectivity index (χ4n) is 3.56. The Morgan fingerprint density at radius 2 is 1.67 bits per heavy atom. The molecular weight excluding hydrogens is 398 g/mol. The molecular formula is C23H21N3O3S. The third-order valence-electron chi connectivity index (χ3n) is 4.96. The van der Waals surface area contributed by atoms with Crippen LogP contribution in [0.15, 0.2) is 83.8 Å². The smallest absolute Gasteiger partial charge is 0.244 e. The Kier molecular flexibility index (Phi) is 5.15. The number of carbonyl (C=O) groups is 1. The number of amides is 1. The molecule has 7 heteroatoms. The van der Waals surface area contributed by atoms with Gasteiger partial charge in [-0.05, 0) is 42.3 Å². The van der Waals surface area contributed by atoms with E-state index in [1.807, 2.05) is 59.2 Å². The van der Waals surface area contributed by atoms with Crippen molar-refractivity contribution in [3.63, 3.8) is 0 Å². The van der Waals surface area contributed by atoms with Crippen molar-refractivity contribution < 1.29 is 13.2 Å². The number of aromatic nitrogens is 1. The van der Waals surface area contributed by atoms with Crippen LogP contribution < -0.4 is 10.5 Å². The first-order valence-corrected chi connectivity index (χ1v) is 10.9. The highest BCUT2D eigenvalue weighted by Crippen LogP contribution is 2.28. The lowest BCUT2D eigenvalue weighted by Gasteiger charge is -2.13. The minimum atomic E-state index is -3.87. The molecule has 3 N–H and O–H groups in total. The molecule has 0 aliphatic rings. The number of sulfonamides is 1. The van der Waals surface area contributed by atoms with E-state index in [1.165, 1.54) is 6.07 Å². The number of benzene rings is 3. The molecule has 152 valence electrons. The highest BCUT2D eigenvalue weighted by atomic mass is 32.2. The molecule has 0 saturated carbocycles. The average Bonchev–Trinajstić information content (AvgIpc) is 3.08. The van der Waals surface area contributed by atoms with Crippen molar-refractivity contribution in [2.75, 3.05) is 5.32 Å². The topological polar surface area (TPSA) is 94.2 Å². The van der Waals surface area contributed by atoms with Crippen LogP contribution in [0.5, 0.6) is 0 Å². The number of nitrogens with two attached hydrogens (primary N) is 1. The molecule has 1 heterocycles. The van der Waals surface area contributed by atoms with Gasteiger partial charge in [-0.25, -0.2) is 13.6 Å². The van der Waals surface area contributed by atoms with Gasteiger partial charge >= 0.3 is 0 Å². The number of fused-ring (bicyclic) bond motifs is 1. The zero-order chi connectivity index (χ0) is 21.3. The van der Waals surface area contributed by atoms with Crippen LogP contribution in [-0.2, 0) is 21.4 Å². The third kappa shape index (κ3) is 3.98. The first kappa shape index (κ1) is 19.9. The summed E-state index contributed by atoms with van der Waals surface area (Å²) >= 11 is 0. The summed E-state index contributed by atoms with van der Waals surface area (Å²) in [6.45, 7) is 1.74. The van der Waals surface area contributed by atoms with Crippen molar-refractivity contribution in [3.8, 4) is 11.3 Å². The van der Waals surface area contributed by atoms with Gasteiger partial charge in [0.1, 0.15) is 6.54 Å². The fraction of sp³-hybridized carbons (Fsp3) is 0.0870. The third-order valence-corrected chi connectivity index (χ3v) is 6.01. The van der Waals surface area contributed by atoms with Gasteiger partial charge in [-0.2, -0.15) is 0 Å². The summed E-state index contributed by atoms with van der Waals surface area (Å²) in [5.74, 6) is -0.266. The number of para-hydroxylation sites is 1. The molecule has 1 aromatic heterocycles. The zero-order valence-corrected chi connectivity index (χ0v) is 17.2. The van der Waals surface area contributed by atoms with Crippen LogP contribution in [0, 0.1) is 6.92 Å². The van der Waals surface area contributed by atoms with Gasteiger partial charge in [-0.3, -0.25) is 4.79 Å². The van der Waals surface area contributed by atoms with Gasteiger partial charge in [0, 0.05) is 22.3 Å². The van der Waals surface area contributed by atoms with Crippen LogP contribution in [0.1, 0.15) is 5.56 Å². The number of nitrogens with one attached hydrogen (secondary N) is 1. The number of anilines is 1. The molecule has 0 radical (unpaired) electrons. The molecule has 30 heavy (non-hydrogen) atoms. The van der Waals surface area contributed by atoms with E-state index in [9.17, 15) is 13.2 Å². The van der Waals surface area contributed by atoms with Crippen molar-refractivity contribution >= 4 is 32.5 Å². The van der Waals surface area contributed by atoms with Gasteiger partial charge < -0.3 is 9.88 Å². The van der Waals surface area contributed by atoms with Crippen LogP contribution in [-0.4, -0.2) is 18.9 Å². The summed E-state index contributed by atoms with van der Waals surface area (Å²) in [5, 5.41) is 9.09. The number of hydrogen-bond acceptors (Lipinski definition) is 3. The predicted molar refractivity (Wildman–Crippen MR) is 119 cm³/mol. The molecule has 0 aliphatic carbocycles. The lowest BCUT2D eigenvalue weighted by atomic mass is 10.1. The number of aryl methyl sites for hydroxylation is 1. The van der Waals surface area contributed by atoms with Crippen LogP contribution >= 0.6 is 0 Å². The van der Waals surface area contributed by atoms with Gasteiger partial charge in [0.2, 0.25) is 15.9 Å². The molecule has 1 amide bonds. The molecule has 0 bridgehead atoms. The minimum Gasteiger partial charge on any atom is -0.331 e. The summed E-state index contributed by atoms with van der Waals surface area (Å²) in [7, 11) is -3.87. The molecule has 3 aromatic carbocycles. The maximum Gasteiger partial charge on any atom is 0.244 e. The summed E-state index contributed by atoms with van der Waals surface area (Å²) in [6.07, 6.45) is 0. The summed E-state index contributed by atoms with van der Waals surface area (Å²) in [5.41, 5.74) is 3.79. The van der Waals surface area contributed by atoms with Gasteiger partial charge in [0.25, 0.3) is 0 Å². The van der Waals surface area contributed by atoms with E-state index in [2.05, 4.69) is 11.4 Å². The van der Waals surface area contributed by atoms with E-state index < -0.39 is 10.0 Å². The Morgan fingerprint density at radius 1 is 0.967 bits per heavy atom. The molecule has 0 atom stereocenters. The van der Waals surface area contributed by atoms with Crippen molar-refractivity contribution in [1.29, 1.82) is 0 Å². The predicted octanol–water partition coefficient (Wildman–Crippen LogP) is 3.90. The molecule has 6 nitrogen and oxygen atoms in total. The monoisotopic (exact) mass is 419 g/mol. The maximum absolute atomic E-state index is 12.8. The Labute approximate surface area is 175 Å². The Balaban J connectivity index is 1.67. The highest BCUT2D eigenvalue weighted by Gasteiger charge is 2.16. The number of hydrogen-bond donors (Lipinski definition) is 2. The van der Waals surface area contributed by atoms with E-state index in [0.717, 1.165) is 22.2 Å². The number of primary sulfonamides is 1. The van der Waals surface area contributed by atoms with Crippen LogP contribution in [0.2, 0.25) is 0 Å². The van der Waals surface area contributed by atoms with Crippen molar-refractivity contribution in [3.05, 3.63) is 84.4 Å². The number of carbonyl (C=O) groups excluding carboxylic acids is 1. The van der Waals surface area contributed by atoms with Gasteiger partial charge in [-0.15, -0.1) is 0 Å².